The first-order valence-electron chi connectivity index (χ1n) is 7.95. The van der Waals surface area contributed by atoms with Gasteiger partial charge in [-0.05, 0) is 41.1 Å². The van der Waals surface area contributed by atoms with Crippen LogP contribution in [0.4, 0.5) is 0 Å². The molecule has 0 radical (unpaired) electrons. The van der Waals surface area contributed by atoms with Crippen molar-refractivity contribution in [3.8, 4) is 11.4 Å². The number of aryl methyl sites for hydroxylation is 1. The second kappa shape index (κ2) is 9.18. The summed E-state index contributed by atoms with van der Waals surface area (Å²) in [5, 5.41) is 4.57. The van der Waals surface area contributed by atoms with Gasteiger partial charge in [0.15, 0.2) is 5.82 Å². The molecule has 2 rings (SSSR count). The molecule has 0 spiro atoms. The molecule has 0 saturated heterocycles. The van der Waals surface area contributed by atoms with Gasteiger partial charge in [0.05, 0.1) is 0 Å². The molecule has 0 fully saturated rings. The van der Waals surface area contributed by atoms with E-state index in [0.29, 0.717) is 0 Å². The molecular weight excluding hydrogens is 373 g/mol. The van der Waals surface area contributed by atoms with Crippen LogP contribution in [-0.2, 0) is 6.54 Å². The minimum Gasteiger partial charge on any atom is -0.252 e. The highest BCUT2D eigenvalue weighted by atomic mass is 127. The number of aromatic nitrogens is 3. The predicted octanol–water partition coefficient (Wildman–Crippen LogP) is 5.30. The van der Waals surface area contributed by atoms with Crippen LogP contribution in [-0.4, -0.2) is 14.8 Å². The van der Waals surface area contributed by atoms with E-state index in [0.717, 1.165) is 17.9 Å². The standard InChI is InChI=1S/C17H24IN3/c1-2-3-4-5-6-7-8-12-21-14-19-17(20-21)15-10-9-11-16(18)13-15/h9-11,13-14H,2-8,12H2,1H3. The normalized spacial score (nSPS) is 11.0. The van der Waals surface area contributed by atoms with Crippen LogP contribution in [0.15, 0.2) is 30.6 Å². The van der Waals surface area contributed by atoms with E-state index in [2.05, 4.69) is 57.8 Å². The van der Waals surface area contributed by atoms with Gasteiger partial charge in [0.2, 0.25) is 0 Å². The fourth-order valence-corrected chi connectivity index (χ4v) is 2.94. The Hall–Kier alpha value is -0.910. The fraction of sp³-hybridized carbons (Fsp3) is 0.529. The zero-order chi connectivity index (χ0) is 14.9. The molecule has 4 heteroatoms. The number of benzene rings is 1. The maximum Gasteiger partial charge on any atom is 0.181 e. The largest absolute Gasteiger partial charge is 0.252 e. The summed E-state index contributed by atoms with van der Waals surface area (Å²) >= 11 is 2.32. The minimum absolute atomic E-state index is 0.830. The smallest absolute Gasteiger partial charge is 0.181 e. The highest BCUT2D eigenvalue weighted by Gasteiger charge is 2.04. The molecule has 0 atom stereocenters. The van der Waals surface area contributed by atoms with Gasteiger partial charge < -0.3 is 0 Å². The maximum absolute atomic E-state index is 4.57. The Morgan fingerprint density at radius 3 is 2.57 bits per heavy atom. The zero-order valence-corrected chi connectivity index (χ0v) is 14.9. The van der Waals surface area contributed by atoms with Gasteiger partial charge in [0.25, 0.3) is 0 Å². The van der Waals surface area contributed by atoms with Gasteiger partial charge >= 0.3 is 0 Å². The summed E-state index contributed by atoms with van der Waals surface area (Å²) in [6.45, 7) is 3.24. The fourth-order valence-electron chi connectivity index (χ4n) is 2.39. The highest BCUT2D eigenvalue weighted by Crippen LogP contribution is 2.17. The quantitative estimate of drug-likeness (QED) is 0.425. The van der Waals surface area contributed by atoms with Crippen molar-refractivity contribution in [3.05, 3.63) is 34.2 Å². The van der Waals surface area contributed by atoms with Crippen LogP contribution in [0.3, 0.4) is 0 Å². The van der Waals surface area contributed by atoms with Gasteiger partial charge in [0.1, 0.15) is 6.33 Å². The van der Waals surface area contributed by atoms with Crippen LogP contribution in [0.2, 0.25) is 0 Å². The van der Waals surface area contributed by atoms with Gasteiger partial charge in [-0.15, -0.1) is 0 Å². The van der Waals surface area contributed by atoms with Crippen LogP contribution in [0.25, 0.3) is 11.4 Å². The molecule has 1 heterocycles. The lowest BCUT2D eigenvalue weighted by molar-refractivity contribution is 0.523. The number of halogens is 1. The van der Waals surface area contributed by atoms with E-state index >= 15 is 0 Å². The van der Waals surface area contributed by atoms with Crippen molar-refractivity contribution >= 4 is 22.6 Å². The average molecular weight is 397 g/mol. The van der Waals surface area contributed by atoms with Crippen LogP contribution in [0.5, 0.6) is 0 Å². The summed E-state index contributed by atoms with van der Waals surface area (Å²) in [5.41, 5.74) is 1.10. The molecule has 0 bridgehead atoms. The second-order valence-corrected chi connectivity index (χ2v) is 6.71. The minimum atomic E-state index is 0.830. The molecule has 0 N–H and O–H groups in total. The molecule has 1 aromatic heterocycles. The number of nitrogens with zero attached hydrogens (tertiary/aromatic N) is 3. The molecule has 2 aromatic rings. The van der Waals surface area contributed by atoms with Crippen molar-refractivity contribution < 1.29 is 0 Å². The monoisotopic (exact) mass is 397 g/mol. The Labute approximate surface area is 141 Å². The zero-order valence-electron chi connectivity index (χ0n) is 12.8. The molecule has 0 unspecified atom stereocenters. The summed E-state index contributed by atoms with van der Waals surface area (Å²) in [5.74, 6) is 0.830. The summed E-state index contributed by atoms with van der Waals surface area (Å²) in [4.78, 5) is 4.42. The first kappa shape index (κ1) is 16.5. The van der Waals surface area contributed by atoms with Gasteiger partial charge in [-0.2, -0.15) is 5.10 Å². The van der Waals surface area contributed by atoms with E-state index in [4.69, 9.17) is 0 Å². The van der Waals surface area contributed by atoms with Crippen LogP contribution in [0.1, 0.15) is 51.9 Å². The van der Waals surface area contributed by atoms with Crippen LogP contribution in [0, 0.1) is 3.57 Å². The Morgan fingerprint density at radius 2 is 1.81 bits per heavy atom. The Morgan fingerprint density at radius 1 is 1.05 bits per heavy atom. The Kier molecular flexibility index (Phi) is 7.19. The molecule has 0 amide bonds. The van der Waals surface area contributed by atoms with Crippen molar-refractivity contribution in [1.82, 2.24) is 14.8 Å². The van der Waals surface area contributed by atoms with E-state index in [1.807, 2.05) is 17.1 Å². The van der Waals surface area contributed by atoms with Crippen LogP contribution >= 0.6 is 22.6 Å². The average Bonchev–Trinajstić information content (AvgIpc) is 2.95. The summed E-state index contributed by atoms with van der Waals surface area (Å²) in [6.07, 6.45) is 11.1. The van der Waals surface area contributed by atoms with Crippen molar-refractivity contribution in [2.24, 2.45) is 0 Å². The van der Waals surface area contributed by atoms with E-state index in [-0.39, 0.29) is 0 Å². The topological polar surface area (TPSA) is 30.7 Å². The second-order valence-electron chi connectivity index (χ2n) is 5.46. The number of hydrogen-bond donors (Lipinski definition) is 0. The van der Waals surface area contributed by atoms with E-state index in [1.54, 1.807) is 0 Å². The van der Waals surface area contributed by atoms with E-state index < -0.39 is 0 Å². The first-order valence-corrected chi connectivity index (χ1v) is 9.03. The molecular formula is C17H24IN3. The lowest BCUT2D eigenvalue weighted by atomic mass is 10.1. The van der Waals surface area contributed by atoms with Crippen molar-refractivity contribution in [3.63, 3.8) is 0 Å². The van der Waals surface area contributed by atoms with E-state index in [9.17, 15) is 0 Å². The highest BCUT2D eigenvalue weighted by molar-refractivity contribution is 14.1. The van der Waals surface area contributed by atoms with Crippen molar-refractivity contribution in [1.29, 1.82) is 0 Å². The third-order valence-electron chi connectivity index (χ3n) is 3.61. The maximum atomic E-state index is 4.57. The van der Waals surface area contributed by atoms with Gasteiger partial charge in [0, 0.05) is 15.7 Å². The lowest BCUT2D eigenvalue weighted by Gasteiger charge is -2.01. The van der Waals surface area contributed by atoms with Crippen molar-refractivity contribution in [2.75, 3.05) is 0 Å². The number of hydrogen-bond acceptors (Lipinski definition) is 2. The molecule has 0 aliphatic heterocycles. The van der Waals surface area contributed by atoms with Gasteiger partial charge in [-0.3, -0.25) is 4.68 Å². The molecule has 0 saturated carbocycles. The molecule has 114 valence electrons. The van der Waals surface area contributed by atoms with Crippen LogP contribution < -0.4 is 0 Å². The molecule has 3 nitrogen and oxygen atoms in total. The molecule has 21 heavy (non-hydrogen) atoms. The Balaban J connectivity index is 1.73. The predicted molar refractivity (Wildman–Crippen MR) is 96.2 cm³/mol. The summed E-state index contributed by atoms with van der Waals surface area (Å²) in [7, 11) is 0. The first-order chi connectivity index (χ1) is 10.3. The van der Waals surface area contributed by atoms with Crippen molar-refractivity contribution in [2.45, 2.75) is 58.4 Å². The Bertz CT molecular complexity index is 536. The number of unbranched alkanes of at least 4 members (excludes halogenated alkanes) is 6. The summed E-state index contributed by atoms with van der Waals surface area (Å²) in [6, 6.07) is 8.32. The van der Waals surface area contributed by atoms with Gasteiger partial charge in [-0.25, -0.2) is 4.98 Å². The van der Waals surface area contributed by atoms with E-state index in [1.165, 1.54) is 48.5 Å². The molecule has 0 aliphatic rings. The molecule has 1 aromatic carbocycles. The SMILES string of the molecule is CCCCCCCCCn1cnc(-c2cccc(I)c2)n1. The molecule has 0 aliphatic carbocycles. The lowest BCUT2D eigenvalue weighted by Crippen LogP contribution is -1.98. The third kappa shape index (κ3) is 5.77. The third-order valence-corrected chi connectivity index (χ3v) is 4.28. The van der Waals surface area contributed by atoms with Gasteiger partial charge in [-0.1, -0.05) is 57.6 Å². The number of rotatable bonds is 9. The summed E-state index contributed by atoms with van der Waals surface area (Å²) < 4.78 is 3.19.